The number of aromatic nitrogens is 3. The highest BCUT2D eigenvalue weighted by atomic mass is 32.2. The fourth-order valence-corrected chi connectivity index (χ4v) is 4.06. The summed E-state index contributed by atoms with van der Waals surface area (Å²) in [5.41, 5.74) is 1.20. The van der Waals surface area contributed by atoms with Gasteiger partial charge in [-0.2, -0.15) is 0 Å². The summed E-state index contributed by atoms with van der Waals surface area (Å²) in [5.74, 6) is 1.73. The summed E-state index contributed by atoms with van der Waals surface area (Å²) >= 11 is 1.43. The number of carbonyl (C=O) groups is 2. The molecule has 0 atom stereocenters. The lowest BCUT2D eigenvalue weighted by Crippen LogP contribution is -2.25. The largest absolute Gasteiger partial charge is 0.349 e. The van der Waals surface area contributed by atoms with E-state index in [1.54, 1.807) is 24.3 Å². The number of hydrogen-bond donors (Lipinski definition) is 2. The third-order valence-corrected chi connectivity index (χ3v) is 6.14. The first-order valence-electron chi connectivity index (χ1n) is 9.96. The van der Waals surface area contributed by atoms with Crippen LogP contribution in [0.25, 0.3) is 0 Å². The van der Waals surface area contributed by atoms with Gasteiger partial charge in [0.2, 0.25) is 5.91 Å². The molecule has 1 heterocycles. The van der Waals surface area contributed by atoms with Crippen molar-refractivity contribution in [2.75, 3.05) is 11.1 Å². The van der Waals surface area contributed by atoms with Crippen LogP contribution in [-0.2, 0) is 4.79 Å². The van der Waals surface area contributed by atoms with Crippen molar-refractivity contribution in [1.82, 2.24) is 20.1 Å². The van der Waals surface area contributed by atoms with Crippen molar-refractivity contribution in [1.29, 1.82) is 0 Å². The lowest BCUT2D eigenvalue weighted by Gasteiger charge is -2.09. The third kappa shape index (κ3) is 4.06. The molecule has 2 aromatic rings. The van der Waals surface area contributed by atoms with E-state index in [1.807, 2.05) is 0 Å². The van der Waals surface area contributed by atoms with Crippen molar-refractivity contribution in [2.45, 2.75) is 61.7 Å². The Morgan fingerprint density at radius 3 is 2.64 bits per heavy atom. The van der Waals surface area contributed by atoms with Crippen molar-refractivity contribution < 1.29 is 9.59 Å². The predicted molar refractivity (Wildman–Crippen MR) is 107 cm³/mol. The van der Waals surface area contributed by atoms with Crippen molar-refractivity contribution in [3.63, 3.8) is 0 Å². The molecule has 3 fully saturated rings. The zero-order valence-electron chi connectivity index (χ0n) is 15.6. The van der Waals surface area contributed by atoms with Crippen LogP contribution in [0.4, 0.5) is 5.69 Å². The van der Waals surface area contributed by atoms with Crippen LogP contribution in [-0.4, -0.2) is 38.4 Å². The monoisotopic (exact) mass is 397 g/mol. The molecule has 0 radical (unpaired) electrons. The van der Waals surface area contributed by atoms with Gasteiger partial charge in [0.1, 0.15) is 5.82 Å². The molecule has 7 nitrogen and oxygen atoms in total. The van der Waals surface area contributed by atoms with Gasteiger partial charge in [0.25, 0.3) is 5.91 Å². The summed E-state index contributed by atoms with van der Waals surface area (Å²) < 4.78 is 2.25. The van der Waals surface area contributed by atoms with E-state index < -0.39 is 0 Å². The summed E-state index contributed by atoms with van der Waals surface area (Å²) in [4.78, 5) is 24.6. The van der Waals surface area contributed by atoms with E-state index in [0.717, 1.165) is 23.8 Å². The van der Waals surface area contributed by atoms with Crippen LogP contribution < -0.4 is 10.6 Å². The fourth-order valence-electron chi connectivity index (χ4n) is 3.24. The molecule has 0 aliphatic heterocycles. The van der Waals surface area contributed by atoms with Gasteiger partial charge >= 0.3 is 0 Å². The van der Waals surface area contributed by atoms with E-state index in [2.05, 4.69) is 25.4 Å². The van der Waals surface area contributed by atoms with Gasteiger partial charge in [-0.25, -0.2) is 0 Å². The van der Waals surface area contributed by atoms with E-state index in [4.69, 9.17) is 0 Å². The Balaban J connectivity index is 1.19. The van der Waals surface area contributed by atoms with E-state index in [-0.39, 0.29) is 17.6 Å². The first-order chi connectivity index (χ1) is 13.7. The molecule has 1 aromatic heterocycles. The van der Waals surface area contributed by atoms with Gasteiger partial charge in [-0.05, 0) is 56.7 Å². The number of hydrogen-bond acceptors (Lipinski definition) is 5. The Hall–Kier alpha value is -2.35. The maximum absolute atomic E-state index is 12.4. The Bertz CT molecular complexity index is 915. The third-order valence-electron chi connectivity index (χ3n) is 5.20. The molecular weight excluding hydrogens is 374 g/mol. The van der Waals surface area contributed by atoms with E-state index in [1.165, 1.54) is 37.4 Å². The molecule has 28 heavy (non-hydrogen) atoms. The quantitative estimate of drug-likeness (QED) is 0.668. The minimum atomic E-state index is -0.108. The van der Waals surface area contributed by atoms with E-state index in [9.17, 15) is 9.59 Å². The Labute approximate surface area is 167 Å². The molecule has 146 valence electrons. The van der Waals surface area contributed by atoms with Gasteiger partial charge in [0, 0.05) is 29.3 Å². The highest BCUT2D eigenvalue weighted by molar-refractivity contribution is 7.99. The van der Waals surface area contributed by atoms with Crippen LogP contribution in [0.3, 0.4) is 0 Å². The standard InChI is InChI=1S/C20H23N5O2S/c26-17(21-15-3-1-2-13(10-15)19(27)22-14-6-7-14)11-28-20-24-23-18(12-4-5-12)25(20)16-8-9-16/h1-3,10,12,14,16H,4-9,11H2,(H,21,26)(H,22,27). The van der Waals surface area contributed by atoms with Crippen molar-refractivity contribution in [3.05, 3.63) is 35.7 Å². The molecule has 1 aromatic carbocycles. The molecule has 3 aliphatic rings. The maximum atomic E-state index is 12.4. The number of rotatable bonds is 8. The fraction of sp³-hybridized carbons (Fsp3) is 0.500. The number of nitrogens with zero attached hydrogens (tertiary/aromatic N) is 3. The van der Waals surface area contributed by atoms with Gasteiger partial charge in [0.05, 0.1) is 5.75 Å². The van der Waals surface area contributed by atoms with Crippen LogP contribution in [0, 0.1) is 0 Å². The molecule has 5 rings (SSSR count). The smallest absolute Gasteiger partial charge is 0.251 e. The van der Waals surface area contributed by atoms with E-state index in [0.29, 0.717) is 29.3 Å². The number of benzene rings is 1. The predicted octanol–water partition coefficient (Wildman–Crippen LogP) is 3.11. The lowest BCUT2D eigenvalue weighted by atomic mass is 10.2. The average molecular weight is 398 g/mol. The Kier molecular flexibility index (Phi) is 4.58. The summed E-state index contributed by atoms with van der Waals surface area (Å²) in [6, 6.07) is 7.90. The van der Waals surface area contributed by atoms with Crippen molar-refractivity contribution in [3.8, 4) is 0 Å². The molecule has 2 N–H and O–H groups in total. The number of thioether (sulfide) groups is 1. The molecule has 0 bridgehead atoms. The zero-order chi connectivity index (χ0) is 19.1. The second-order valence-electron chi connectivity index (χ2n) is 7.88. The molecule has 2 amide bonds. The SMILES string of the molecule is O=C(CSc1nnc(C2CC2)n1C1CC1)Nc1cccc(C(=O)NC2CC2)c1. The summed E-state index contributed by atoms with van der Waals surface area (Å²) in [7, 11) is 0. The van der Waals surface area contributed by atoms with Gasteiger partial charge in [0.15, 0.2) is 5.16 Å². The Morgan fingerprint density at radius 2 is 1.93 bits per heavy atom. The molecule has 3 aliphatic carbocycles. The Morgan fingerprint density at radius 1 is 1.11 bits per heavy atom. The molecule has 0 saturated heterocycles. The second-order valence-corrected chi connectivity index (χ2v) is 8.82. The first kappa shape index (κ1) is 17.7. The second kappa shape index (κ2) is 7.24. The van der Waals surface area contributed by atoms with Gasteiger partial charge in [-0.15, -0.1) is 10.2 Å². The minimum absolute atomic E-state index is 0.0851. The number of anilines is 1. The summed E-state index contributed by atoms with van der Waals surface area (Å²) in [6.07, 6.45) is 6.84. The molecule has 3 saturated carbocycles. The summed E-state index contributed by atoms with van der Waals surface area (Å²) in [5, 5.41) is 15.4. The van der Waals surface area contributed by atoms with Crippen LogP contribution in [0.5, 0.6) is 0 Å². The normalized spacial score (nSPS) is 18.7. The minimum Gasteiger partial charge on any atom is -0.349 e. The number of carbonyl (C=O) groups excluding carboxylic acids is 2. The maximum Gasteiger partial charge on any atom is 0.251 e. The summed E-state index contributed by atoms with van der Waals surface area (Å²) in [6.45, 7) is 0. The number of amides is 2. The van der Waals surface area contributed by atoms with Crippen LogP contribution in [0.2, 0.25) is 0 Å². The topological polar surface area (TPSA) is 88.9 Å². The zero-order valence-corrected chi connectivity index (χ0v) is 16.4. The molecular formula is C20H23N5O2S. The van der Waals surface area contributed by atoms with Crippen molar-refractivity contribution >= 4 is 29.3 Å². The van der Waals surface area contributed by atoms with E-state index >= 15 is 0 Å². The molecule has 8 heteroatoms. The number of nitrogens with one attached hydrogen (secondary N) is 2. The van der Waals surface area contributed by atoms with Gasteiger partial charge in [-0.1, -0.05) is 17.8 Å². The molecule has 0 spiro atoms. The van der Waals surface area contributed by atoms with Crippen LogP contribution in [0.15, 0.2) is 29.4 Å². The van der Waals surface area contributed by atoms with Crippen LogP contribution >= 0.6 is 11.8 Å². The lowest BCUT2D eigenvalue weighted by molar-refractivity contribution is -0.113. The van der Waals surface area contributed by atoms with Gasteiger partial charge < -0.3 is 15.2 Å². The van der Waals surface area contributed by atoms with Gasteiger partial charge in [-0.3, -0.25) is 9.59 Å². The highest BCUT2D eigenvalue weighted by Crippen LogP contribution is 2.45. The molecule has 0 unspecified atom stereocenters. The van der Waals surface area contributed by atoms with Crippen LogP contribution in [0.1, 0.15) is 66.7 Å². The highest BCUT2D eigenvalue weighted by Gasteiger charge is 2.36. The average Bonchev–Trinajstić information content (AvgIpc) is 3.54. The van der Waals surface area contributed by atoms with Crippen molar-refractivity contribution in [2.24, 2.45) is 0 Å². The first-order valence-corrected chi connectivity index (χ1v) is 10.9.